The Morgan fingerprint density at radius 3 is 2.62 bits per heavy atom. The molecule has 0 bridgehead atoms. The fourth-order valence-corrected chi connectivity index (χ4v) is 2.81. The van der Waals surface area contributed by atoms with Gasteiger partial charge in [0.15, 0.2) is 0 Å². The number of amides is 1. The molecule has 0 spiro atoms. The zero-order chi connectivity index (χ0) is 15.2. The summed E-state index contributed by atoms with van der Waals surface area (Å²) >= 11 is 0. The number of unbranched alkanes of at least 4 members (excludes halogenated alkanes) is 5. The van der Waals surface area contributed by atoms with Gasteiger partial charge in [-0.05, 0) is 30.2 Å². The molecule has 1 heterocycles. The van der Waals surface area contributed by atoms with Crippen molar-refractivity contribution < 1.29 is 14.7 Å². The summed E-state index contributed by atoms with van der Waals surface area (Å²) in [6, 6.07) is 4.96. The summed E-state index contributed by atoms with van der Waals surface area (Å²) < 4.78 is 0. The molecule has 1 aromatic rings. The summed E-state index contributed by atoms with van der Waals surface area (Å²) in [7, 11) is 0. The van der Waals surface area contributed by atoms with E-state index in [0.717, 1.165) is 30.6 Å². The van der Waals surface area contributed by atoms with Gasteiger partial charge in [-0.15, -0.1) is 0 Å². The van der Waals surface area contributed by atoms with E-state index < -0.39 is 5.97 Å². The molecule has 1 aromatic carbocycles. The van der Waals surface area contributed by atoms with Gasteiger partial charge >= 0.3 is 5.97 Å². The van der Waals surface area contributed by atoms with Gasteiger partial charge < -0.3 is 10.0 Å². The highest BCUT2D eigenvalue weighted by Gasteiger charge is 2.27. The third-order valence-electron chi connectivity index (χ3n) is 4.00. The number of hydrogen-bond acceptors (Lipinski definition) is 2. The van der Waals surface area contributed by atoms with Gasteiger partial charge in [0.1, 0.15) is 0 Å². The molecule has 0 saturated carbocycles. The summed E-state index contributed by atoms with van der Waals surface area (Å²) in [6.45, 7) is 2.94. The van der Waals surface area contributed by atoms with Crippen molar-refractivity contribution in [2.75, 3.05) is 11.4 Å². The molecule has 0 atom stereocenters. The Morgan fingerprint density at radius 1 is 1.19 bits per heavy atom. The van der Waals surface area contributed by atoms with E-state index in [1.165, 1.54) is 25.7 Å². The van der Waals surface area contributed by atoms with E-state index in [9.17, 15) is 9.59 Å². The van der Waals surface area contributed by atoms with Crippen molar-refractivity contribution in [2.45, 2.75) is 51.9 Å². The normalized spacial score (nSPS) is 13.6. The van der Waals surface area contributed by atoms with Crippen LogP contribution in [-0.4, -0.2) is 23.5 Å². The van der Waals surface area contributed by atoms with Crippen LogP contribution in [0, 0.1) is 0 Å². The summed E-state index contributed by atoms with van der Waals surface area (Å²) in [5.74, 6) is -0.860. The number of rotatable bonds is 8. The SMILES string of the molecule is CCCCCCCCN1C(=O)Cc2cc(C(=O)O)ccc21. The van der Waals surface area contributed by atoms with Gasteiger partial charge in [0.05, 0.1) is 12.0 Å². The number of carboxylic acid groups (broad SMARTS) is 1. The molecule has 1 amide bonds. The second kappa shape index (κ2) is 7.25. The fourth-order valence-electron chi connectivity index (χ4n) is 2.81. The number of aromatic carboxylic acids is 1. The highest BCUT2D eigenvalue weighted by molar-refractivity contribution is 6.02. The predicted molar refractivity (Wildman–Crippen MR) is 82.8 cm³/mol. The Morgan fingerprint density at radius 2 is 1.90 bits per heavy atom. The van der Waals surface area contributed by atoms with E-state index in [4.69, 9.17) is 5.11 Å². The van der Waals surface area contributed by atoms with Gasteiger partial charge in [-0.1, -0.05) is 39.0 Å². The average Bonchev–Trinajstić information content (AvgIpc) is 2.77. The van der Waals surface area contributed by atoms with Crippen LogP contribution in [0.15, 0.2) is 18.2 Å². The number of nitrogens with zero attached hydrogens (tertiary/aromatic N) is 1. The first-order valence-corrected chi connectivity index (χ1v) is 7.80. The van der Waals surface area contributed by atoms with Crippen LogP contribution in [0.2, 0.25) is 0 Å². The number of carboxylic acids is 1. The first-order valence-electron chi connectivity index (χ1n) is 7.80. The van der Waals surface area contributed by atoms with Crippen LogP contribution in [0.25, 0.3) is 0 Å². The maximum absolute atomic E-state index is 12.1. The van der Waals surface area contributed by atoms with Crippen molar-refractivity contribution >= 4 is 17.6 Å². The summed E-state index contributed by atoms with van der Waals surface area (Å²) in [5, 5.41) is 8.99. The minimum Gasteiger partial charge on any atom is -0.478 e. The van der Waals surface area contributed by atoms with E-state index in [-0.39, 0.29) is 11.5 Å². The van der Waals surface area contributed by atoms with Crippen molar-refractivity contribution in [1.82, 2.24) is 0 Å². The number of carbonyl (C=O) groups excluding carboxylic acids is 1. The van der Waals surface area contributed by atoms with Crippen molar-refractivity contribution in [3.63, 3.8) is 0 Å². The Bertz CT molecular complexity index is 525. The molecule has 0 aromatic heterocycles. The number of fused-ring (bicyclic) bond motifs is 1. The minimum absolute atomic E-state index is 0.0843. The van der Waals surface area contributed by atoms with Crippen LogP contribution >= 0.6 is 0 Å². The minimum atomic E-state index is -0.945. The largest absolute Gasteiger partial charge is 0.478 e. The van der Waals surface area contributed by atoms with Crippen LogP contribution in [0.1, 0.15) is 61.4 Å². The third kappa shape index (κ3) is 3.84. The predicted octanol–water partition coefficient (Wildman–Crippen LogP) is 3.63. The summed E-state index contributed by atoms with van der Waals surface area (Å²) in [5.41, 5.74) is 1.98. The van der Waals surface area contributed by atoms with Crippen LogP contribution in [0.3, 0.4) is 0 Å². The molecule has 4 nitrogen and oxygen atoms in total. The van der Waals surface area contributed by atoms with Crippen molar-refractivity contribution in [3.05, 3.63) is 29.3 Å². The molecule has 2 rings (SSSR count). The second-order valence-corrected chi connectivity index (χ2v) is 5.64. The first kappa shape index (κ1) is 15.5. The first-order chi connectivity index (χ1) is 10.1. The van der Waals surface area contributed by atoms with Gasteiger partial charge in [0.25, 0.3) is 0 Å². The van der Waals surface area contributed by atoms with Gasteiger partial charge in [-0.2, -0.15) is 0 Å². The molecular weight excluding hydrogens is 266 g/mol. The van der Waals surface area contributed by atoms with Crippen molar-refractivity contribution in [3.8, 4) is 0 Å². The topological polar surface area (TPSA) is 57.6 Å². The second-order valence-electron chi connectivity index (χ2n) is 5.64. The number of hydrogen-bond donors (Lipinski definition) is 1. The van der Waals surface area contributed by atoms with Gasteiger partial charge in [0, 0.05) is 12.2 Å². The fraction of sp³-hybridized carbons (Fsp3) is 0.529. The van der Waals surface area contributed by atoms with Crippen molar-refractivity contribution in [1.29, 1.82) is 0 Å². The van der Waals surface area contributed by atoms with E-state index in [1.807, 2.05) is 0 Å². The third-order valence-corrected chi connectivity index (χ3v) is 4.00. The Balaban J connectivity index is 1.91. The zero-order valence-electron chi connectivity index (χ0n) is 12.6. The number of benzene rings is 1. The monoisotopic (exact) mass is 289 g/mol. The molecule has 21 heavy (non-hydrogen) atoms. The van der Waals surface area contributed by atoms with E-state index in [1.54, 1.807) is 23.1 Å². The Labute approximate surface area is 125 Å². The molecule has 0 saturated heterocycles. The summed E-state index contributed by atoms with van der Waals surface area (Å²) in [4.78, 5) is 24.8. The van der Waals surface area contributed by atoms with Crippen LogP contribution in [0.4, 0.5) is 5.69 Å². The Hall–Kier alpha value is -1.84. The highest BCUT2D eigenvalue weighted by Crippen LogP contribution is 2.30. The molecular formula is C17H23NO3. The lowest BCUT2D eigenvalue weighted by molar-refractivity contribution is -0.117. The van der Waals surface area contributed by atoms with Crippen LogP contribution in [0.5, 0.6) is 0 Å². The molecule has 0 radical (unpaired) electrons. The molecule has 1 aliphatic heterocycles. The molecule has 114 valence electrons. The van der Waals surface area contributed by atoms with E-state index in [2.05, 4.69) is 6.92 Å². The molecule has 0 fully saturated rings. The van der Waals surface area contributed by atoms with Gasteiger partial charge in [-0.25, -0.2) is 4.79 Å². The molecule has 4 heteroatoms. The maximum atomic E-state index is 12.1. The lowest BCUT2D eigenvalue weighted by Gasteiger charge is -2.17. The lowest BCUT2D eigenvalue weighted by Crippen LogP contribution is -2.27. The highest BCUT2D eigenvalue weighted by atomic mass is 16.4. The molecule has 0 aliphatic carbocycles. The van der Waals surface area contributed by atoms with E-state index >= 15 is 0 Å². The van der Waals surface area contributed by atoms with Crippen molar-refractivity contribution in [2.24, 2.45) is 0 Å². The van der Waals surface area contributed by atoms with Gasteiger partial charge in [0.2, 0.25) is 5.91 Å². The molecule has 1 aliphatic rings. The quantitative estimate of drug-likeness (QED) is 0.743. The van der Waals surface area contributed by atoms with Crippen LogP contribution < -0.4 is 4.90 Å². The zero-order valence-corrected chi connectivity index (χ0v) is 12.6. The smallest absolute Gasteiger partial charge is 0.335 e. The van der Waals surface area contributed by atoms with E-state index in [0.29, 0.717) is 6.42 Å². The molecule has 0 unspecified atom stereocenters. The summed E-state index contributed by atoms with van der Waals surface area (Å²) in [6.07, 6.45) is 7.49. The number of anilines is 1. The molecule has 1 N–H and O–H groups in total. The average molecular weight is 289 g/mol. The van der Waals surface area contributed by atoms with Crippen LogP contribution in [-0.2, 0) is 11.2 Å². The maximum Gasteiger partial charge on any atom is 0.335 e. The lowest BCUT2D eigenvalue weighted by atomic mass is 10.1. The van der Waals surface area contributed by atoms with Gasteiger partial charge in [-0.3, -0.25) is 4.79 Å². The standard InChI is InChI=1S/C17H23NO3/c1-2-3-4-5-6-7-10-18-15-9-8-13(17(20)21)11-14(15)12-16(18)19/h8-9,11H,2-7,10,12H2,1H3,(H,20,21). The number of carbonyl (C=O) groups is 2. The Kier molecular flexibility index (Phi) is 5.37.